The number of nitrogens with zero attached hydrogens (tertiary/aromatic N) is 3. The van der Waals surface area contributed by atoms with Crippen molar-refractivity contribution in [1.82, 2.24) is 19.9 Å². The fraction of sp³-hybridized carbons (Fsp3) is 0.286. The summed E-state index contributed by atoms with van der Waals surface area (Å²) in [6.45, 7) is 5.55. The van der Waals surface area contributed by atoms with Crippen LogP contribution in [0, 0.1) is 0 Å². The van der Waals surface area contributed by atoms with Crippen LogP contribution in [0.25, 0.3) is 5.82 Å². The van der Waals surface area contributed by atoms with Crippen molar-refractivity contribution in [1.29, 1.82) is 0 Å². The number of amides is 1. The van der Waals surface area contributed by atoms with Crippen molar-refractivity contribution < 1.29 is 14.3 Å². The second kappa shape index (κ2) is 9.55. The summed E-state index contributed by atoms with van der Waals surface area (Å²) in [7, 11) is 0. The van der Waals surface area contributed by atoms with E-state index in [1.54, 1.807) is 41.6 Å². The van der Waals surface area contributed by atoms with Gasteiger partial charge in [0.25, 0.3) is 5.91 Å². The number of carbonyl (C=O) groups is 1. The lowest BCUT2D eigenvalue weighted by atomic mass is 10.1. The van der Waals surface area contributed by atoms with Gasteiger partial charge in [-0.05, 0) is 50.1 Å². The Morgan fingerprint density at radius 2 is 1.93 bits per heavy atom. The number of nitrogens with one attached hydrogen (secondary N) is 1. The van der Waals surface area contributed by atoms with Crippen LogP contribution in [0.3, 0.4) is 0 Å². The highest BCUT2D eigenvalue weighted by molar-refractivity contribution is 5.93. The Bertz CT molecular complexity index is 893. The molecule has 3 aromatic rings. The van der Waals surface area contributed by atoms with Crippen molar-refractivity contribution in [3.63, 3.8) is 0 Å². The van der Waals surface area contributed by atoms with Gasteiger partial charge in [-0.1, -0.05) is 6.07 Å². The molecule has 2 heterocycles. The maximum Gasteiger partial charge on any atom is 0.252 e. The van der Waals surface area contributed by atoms with Gasteiger partial charge in [-0.2, -0.15) is 0 Å². The molecule has 2 aromatic heterocycles. The number of hydrogen-bond donors (Lipinski definition) is 1. The zero-order valence-electron chi connectivity index (χ0n) is 16.1. The molecule has 28 heavy (non-hydrogen) atoms. The van der Waals surface area contributed by atoms with Crippen LogP contribution in [0.5, 0.6) is 11.5 Å². The molecule has 146 valence electrons. The molecule has 7 heteroatoms. The Balaban J connectivity index is 1.55. The largest absolute Gasteiger partial charge is 0.490 e. The minimum Gasteiger partial charge on any atom is -0.490 e. The smallest absolute Gasteiger partial charge is 0.252 e. The van der Waals surface area contributed by atoms with Crippen LogP contribution in [-0.4, -0.2) is 40.2 Å². The Morgan fingerprint density at radius 3 is 2.61 bits per heavy atom. The molecule has 0 bridgehead atoms. The van der Waals surface area contributed by atoms with Crippen molar-refractivity contribution in [2.75, 3.05) is 19.8 Å². The quantitative estimate of drug-likeness (QED) is 0.617. The third-order valence-corrected chi connectivity index (χ3v) is 4.09. The first-order chi connectivity index (χ1) is 13.7. The lowest BCUT2D eigenvalue weighted by Gasteiger charge is -2.12. The Kier molecular flexibility index (Phi) is 6.62. The molecule has 0 saturated heterocycles. The average molecular weight is 380 g/mol. The van der Waals surface area contributed by atoms with E-state index in [-0.39, 0.29) is 5.91 Å². The second-order valence-corrected chi connectivity index (χ2v) is 6.03. The first-order valence-corrected chi connectivity index (χ1v) is 9.32. The summed E-state index contributed by atoms with van der Waals surface area (Å²) in [5.74, 6) is 2.03. The standard InChI is InChI=1S/C21H24N4O3/c1-3-27-18-7-5-16(13-19(18)28-4-2)9-10-23-21(26)17-6-8-20(24-14-17)25-12-11-22-15-25/h5-8,11-15H,3-4,9-10H2,1-2H3,(H,23,26). The Labute approximate surface area is 164 Å². The Morgan fingerprint density at radius 1 is 1.11 bits per heavy atom. The SMILES string of the molecule is CCOc1ccc(CCNC(=O)c2ccc(-n3ccnc3)nc2)cc1OCC. The molecular weight excluding hydrogens is 356 g/mol. The number of carbonyl (C=O) groups excluding carboxylic acids is 1. The van der Waals surface area contributed by atoms with Crippen LogP contribution in [-0.2, 0) is 6.42 Å². The highest BCUT2D eigenvalue weighted by Gasteiger charge is 2.09. The molecule has 0 aliphatic rings. The molecule has 1 N–H and O–H groups in total. The fourth-order valence-electron chi connectivity index (χ4n) is 2.74. The first-order valence-electron chi connectivity index (χ1n) is 9.32. The molecular formula is C21H24N4O3. The van der Waals surface area contributed by atoms with Gasteiger partial charge in [0, 0.05) is 25.1 Å². The summed E-state index contributed by atoms with van der Waals surface area (Å²) in [6, 6.07) is 9.40. The van der Waals surface area contributed by atoms with Gasteiger partial charge in [-0.15, -0.1) is 0 Å². The van der Waals surface area contributed by atoms with Crippen molar-refractivity contribution in [3.8, 4) is 17.3 Å². The third-order valence-electron chi connectivity index (χ3n) is 4.09. The van der Waals surface area contributed by atoms with Gasteiger partial charge >= 0.3 is 0 Å². The van der Waals surface area contributed by atoms with Crippen LogP contribution < -0.4 is 14.8 Å². The summed E-state index contributed by atoms with van der Waals surface area (Å²) in [6.07, 6.45) is 7.40. The minimum absolute atomic E-state index is 0.152. The molecule has 0 radical (unpaired) electrons. The number of benzene rings is 1. The molecule has 0 unspecified atom stereocenters. The number of rotatable bonds is 9. The van der Waals surface area contributed by atoms with E-state index < -0.39 is 0 Å². The molecule has 7 nitrogen and oxygen atoms in total. The highest BCUT2D eigenvalue weighted by Crippen LogP contribution is 2.28. The van der Waals surface area contributed by atoms with Gasteiger partial charge in [-0.25, -0.2) is 9.97 Å². The molecule has 0 aliphatic carbocycles. The molecule has 0 aliphatic heterocycles. The first kappa shape index (κ1) is 19.4. The molecule has 0 atom stereocenters. The monoisotopic (exact) mass is 380 g/mol. The second-order valence-electron chi connectivity index (χ2n) is 6.03. The minimum atomic E-state index is -0.152. The fourth-order valence-corrected chi connectivity index (χ4v) is 2.74. The zero-order valence-corrected chi connectivity index (χ0v) is 16.1. The predicted molar refractivity (Wildman–Crippen MR) is 106 cm³/mol. The molecule has 0 saturated carbocycles. The van der Waals surface area contributed by atoms with Crippen LogP contribution in [0.15, 0.2) is 55.2 Å². The van der Waals surface area contributed by atoms with Crippen molar-refractivity contribution in [2.45, 2.75) is 20.3 Å². The van der Waals surface area contributed by atoms with Gasteiger partial charge in [0.05, 0.1) is 18.8 Å². The van der Waals surface area contributed by atoms with Crippen molar-refractivity contribution in [3.05, 3.63) is 66.4 Å². The van der Waals surface area contributed by atoms with E-state index in [2.05, 4.69) is 15.3 Å². The lowest BCUT2D eigenvalue weighted by Crippen LogP contribution is -2.25. The van der Waals surface area contributed by atoms with E-state index in [1.165, 1.54) is 0 Å². The van der Waals surface area contributed by atoms with E-state index in [0.717, 1.165) is 17.1 Å². The topological polar surface area (TPSA) is 78.3 Å². The van der Waals surface area contributed by atoms with E-state index in [9.17, 15) is 4.79 Å². The molecule has 3 rings (SSSR count). The van der Waals surface area contributed by atoms with Crippen molar-refractivity contribution in [2.24, 2.45) is 0 Å². The van der Waals surface area contributed by atoms with E-state index in [0.29, 0.717) is 37.6 Å². The number of aromatic nitrogens is 3. The summed E-state index contributed by atoms with van der Waals surface area (Å²) in [4.78, 5) is 20.6. The van der Waals surface area contributed by atoms with E-state index in [4.69, 9.17) is 9.47 Å². The van der Waals surface area contributed by atoms with Gasteiger partial charge < -0.3 is 14.8 Å². The maximum absolute atomic E-state index is 12.3. The average Bonchev–Trinajstić information content (AvgIpc) is 3.25. The lowest BCUT2D eigenvalue weighted by molar-refractivity contribution is 0.0954. The normalized spacial score (nSPS) is 10.5. The zero-order chi connectivity index (χ0) is 19.8. The van der Waals surface area contributed by atoms with Crippen LogP contribution in [0.1, 0.15) is 29.8 Å². The molecule has 0 fully saturated rings. The molecule has 1 amide bonds. The third kappa shape index (κ3) is 4.88. The van der Waals surface area contributed by atoms with Gasteiger partial charge in [0.2, 0.25) is 0 Å². The van der Waals surface area contributed by atoms with Gasteiger partial charge in [0.1, 0.15) is 12.1 Å². The summed E-state index contributed by atoms with van der Waals surface area (Å²) < 4.78 is 13.0. The Hall–Kier alpha value is -3.35. The molecule has 0 spiro atoms. The predicted octanol–water partition coefficient (Wildman–Crippen LogP) is 3.04. The van der Waals surface area contributed by atoms with Crippen LogP contribution >= 0.6 is 0 Å². The van der Waals surface area contributed by atoms with Crippen molar-refractivity contribution >= 4 is 5.91 Å². The number of pyridine rings is 1. The summed E-state index contributed by atoms with van der Waals surface area (Å²) >= 11 is 0. The number of ether oxygens (including phenoxy) is 2. The highest BCUT2D eigenvalue weighted by atomic mass is 16.5. The number of hydrogen-bond acceptors (Lipinski definition) is 5. The molecule has 1 aromatic carbocycles. The van der Waals surface area contributed by atoms with E-state index >= 15 is 0 Å². The van der Waals surface area contributed by atoms with Gasteiger partial charge in [-0.3, -0.25) is 9.36 Å². The van der Waals surface area contributed by atoms with E-state index in [1.807, 2.05) is 32.0 Å². The maximum atomic E-state index is 12.3. The van der Waals surface area contributed by atoms with Crippen LogP contribution in [0.2, 0.25) is 0 Å². The summed E-state index contributed by atoms with van der Waals surface area (Å²) in [5, 5.41) is 2.92. The number of imidazole rings is 1. The van der Waals surface area contributed by atoms with Crippen LogP contribution in [0.4, 0.5) is 0 Å². The summed E-state index contributed by atoms with van der Waals surface area (Å²) in [5.41, 5.74) is 1.59. The van der Waals surface area contributed by atoms with Gasteiger partial charge in [0.15, 0.2) is 11.5 Å².